The molecule has 5 nitrogen and oxygen atoms in total. The van der Waals surface area contributed by atoms with Gasteiger partial charge < -0.3 is 0 Å². The number of nitrogens with zero attached hydrogens (tertiary/aromatic N) is 2. The van der Waals surface area contributed by atoms with Crippen molar-refractivity contribution in [3.8, 4) is 0 Å². The van der Waals surface area contributed by atoms with Crippen molar-refractivity contribution in [2.45, 2.75) is 48.8 Å². The van der Waals surface area contributed by atoms with E-state index < -0.39 is 18.4 Å². The van der Waals surface area contributed by atoms with Crippen molar-refractivity contribution >= 4 is 35.6 Å². The summed E-state index contributed by atoms with van der Waals surface area (Å²) < 4.78 is 34.7. The Morgan fingerprint density at radius 1 is 1.17 bits per heavy atom. The van der Waals surface area contributed by atoms with Gasteiger partial charge in [0.15, 0.2) is 0 Å². The molecular formula is C15H22N2O3S2Si. The highest BCUT2D eigenvalue weighted by Gasteiger charge is 2.43. The van der Waals surface area contributed by atoms with E-state index in [-0.39, 0.29) is 5.04 Å². The summed E-state index contributed by atoms with van der Waals surface area (Å²) in [6, 6.07) is 9.43. The van der Waals surface area contributed by atoms with Gasteiger partial charge in [0.1, 0.15) is 18.5 Å². The molecule has 8 heteroatoms. The molecule has 1 heterocycles. The average molecular weight is 371 g/mol. The van der Waals surface area contributed by atoms with E-state index in [9.17, 15) is 13.0 Å². The van der Waals surface area contributed by atoms with Gasteiger partial charge >= 0.3 is 10.3 Å². The van der Waals surface area contributed by atoms with E-state index in [2.05, 4.69) is 38.8 Å². The van der Waals surface area contributed by atoms with Crippen LogP contribution in [-0.4, -0.2) is 30.0 Å². The zero-order valence-electron chi connectivity index (χ0n) is 13.9. The number of rotatable bonds is 4. The van der Waals surface area contributed by atoms with Gasteiger partial charge in [0.25, 0.3) is 0 Å². The maximum absolute atomic E-state index is 12.0. The van der Waals surface area contributed by atoms with Gasteiger partial charge in [0.2, 0.25) is 0 Å². The van der Waals surface area contributed by atoms with Crippen LogP contribution in [0.15, 0.2) is 46.5 Å². The second kappa shape index (κ2) is 6.08. The predicted octanol–water partition coefficient (Wildman–Crippen LogP) is 3.40. The molecule has 0 fully saturated rings. The van der Waals surface area contributed by atoms with Crippen molar-refractivity contribution in [3.63, 3.8) is 0 Å². The molecule has 0 saturated heterocycles. The highest BCUT2D eigenvalue weighted by atomic mass is 32.2. The topological polar surface area (TPSA) is 72.2 Å². The Morgan fingerprint density at radius 2 is 1.74 bits per heavy atom. The van der Waals surface area contributed by atoms with Crippen LogP contribution in [0.4, 0.5) is 0 Å². The largest absolute Gasteiger partial charge is 0.365 e. The summed E-state index contributed by atoms with van der Waals surface area (Å²) in [5.74, 6) is 0. The molecule has 0 saturated carbocycles. The van der Waals surface area contributed by atoms with E-state index in [1.807, 2.05) is 30.3 Å². The van der Waals surface area contributed by atoms with Crippen LogP contribution >= 0.6 is 11.8 Å². The lowest BCUT2D eigenvalue weighted by Crippen LogP contribution is -2.55. The van der Waals surface area contributed by atoms with Crippen molar-refractivity contribution in [1.29, 1.82) is 0 Å². The predicted molar refractivity (Wildman–Crippen MR) is 96.6 cm³/mol. The average Bonchev–Trinajstić information content (AvgIpc) is 2.82. The maximum Gasteiger partial charge on any atom is 0.365 e. The summed E-state index contributed by atoms with van der Waals surface area (Å²) in [5, 5.41) is 0.300. The first-order valence-corrected chi connectivity index (χ1v) is 12.4. The van der Waals surface area contributed by atoms with Crippen molar-refractivity contribution in [3.05, 3.63) is 36.5 Å². The summed E-state index contributed by atoms with van der Waals surface area (Å²) in [4.78, 5) is 5.27. The van der Waals surface area contributed by atoms with Gasteiger partial charge in [-0.05, 0) is 17.2 Å². The number of benzene rings is 1. The van der Waals surface area contributed by atoms with Crippen molar-refractivity contribution in [2.75, 3.05) is 0 Å². The van der Waals surface area contributed by atoms with Crippen LogP contribution < -0.4 is 5.45 Å². The zero-order valence-corrected chi connectivity index (χ0v) is 16.6. The smallest absolute Gasteiger partial charge is 0.269 e. The molecular weight excluding hydrogens is 348 g/mol. The highest BCUT2D eigenvalue weighted by Crippen LogP contribution is 2.36. The lowest BCUT2D eigenvalue weighted by Gasteiger charge is -2.35. The molecule has 0 unspecified atom stereocenters. The molecule has 1 aromatic heterocycles. The Kier molecular flexibility index (Phi) is 4.83. The standard InChI is InChI=1S/C15H22N2O3S2Si/c1-15(2,3)23(4,5)14-16-11-13(17(14)22(18,19)20)21-12-9-7-6-8-10-12/h6-11H,1-5H3,(H,18,19,20). The summed E-state index contributed by atoms with van der Waals surface area (Å²) >= 11 is 1.27. The fraction of sp³-hybridized carbons (Fsp3) is 0.400. The van der Waals surface area contributed by atoms with Gasteiger partial charge in [-0.1, -0.05) is 63.8 Å². The lowest BCUT2D eigenvalue weighted by atomic mass is 10.2. The molecule has 1 N–H and O–H groups in total. The van der Waals surface area contributed by atoms with Gasteiger partial charge in [-0.25, -0.2) is 4.98 Å². The number of aromatic nitrogens is 2. The molecule has 2 rings (SSSR count). The molecule has 1 aromatic carbocycles. The first-order chi connectivity index (χ1) is 10.4. The van der Waals surface area contributed by atoms with E-state index in [0.717, 1.165) is 8.87 Å². The summed E-state index contributed by atoms with van der Waals surface area (Å²) in [6.45, 7) is 10.4. The normalized spacial score (nSPS) is 13.3. The Hall–Kier alpha value is -1.09. The SMILES string of the molecule is CC(C)(C)[Si](C)(C)c1ncc(Sc2ccccc2)n1S(=O)(=O)O. The Balaban J connectivity index is 2.60. The van der Waals surface area contributed by atoms with Crippen LogP contribution in [0.3, 0.4) is 0 Å². The molecule has 0 spiro atoms. The molecule has 0 aliphatic heterocycles. The third kappa shape index (κ3) is 3.71. The molecule has 0 bridgehead atoms. The van der Waals surface area contributed by atoms with Gasteiger partial charge in [-0.2, -0.15) is 12.4 Å². The van der Waals surface area contributed by atoms with Crippen LogP contribution in [-0.2, 0) is 10.3 Å². The van der Waals surface area contributed by atoms with Crippen molar-refractivity contribution in [2.24, 2.45) is 0 Å². The molecule has 0 atom stereocenters. The summed E-state index contributed by atoms with van der Waals surface area (Å²) in [6.07, 6.45) is 1.53. The monoisotopic (exact) mass is 370 g/mol. The molecule has 0 radical (unpaired) electrons. The number of hydrogen-bond acceptors (Lipinski definition) is 4. The second-order valence-corrected chi connectivity index (χ2v) is 14.5. The fourth-order valence-corrected chi connectivity index (χ4v) is 6.52. The van der Waals surface area contributed by atoms with Gasteiger partial charge in [0.05, 0.1) is 6.20 Å². The van der Waals surface area contributed by atoms with Gasteiger partial charge in [0, 0.05) is 4.90 Å². The minimum absolute atomic E-state index is 0.102. The molecule has 2 aromatic rings. The van der Waals surface area contributed by atoms with Gasteiger partial charge in [-0.15, -0.1) is 0 Å². The minimum atomic E-state index is -4.42. The summed E-state index contributed by atoms with van der Waals surface area (Å²) in [5.41, 5.74) is 0.464. The molecule has 126 valence electrons. The quantitative estimate of drug-likeness (QED) is 0.660. The number of imidazole rings is 1. The van der Waals surface area contributed by atoms with Crippen molar-refractivity contribution in [1.82, 2.24) is 8.96 Å². The van der Waals surface area contributed by atoms with Crippen LogP contribution in [0.1, 0.15) is 20.8 Å². The molecule has 23 heavy (non-hydrogen) atoms. The maximum atomic E-state index is 12.0. The molecule has 0 aliphatic carbocycles. The first kappa shape index (κ1) is 18.2. The van der Waals surface area contributed by atoms with Crippen LogP contribution in [0.5, 0.6) is 0 Å². The van der Waals surface area contributed by atoms with E-state index in [1.165, 1.54) is 18.0 Å². The first-order valence-electron chi connectivity index (χ1n) is 7.24. The van der Waals surface area contributed by atoms with Crippen LogP contribution in [0, 0.1) is 0 Å². The lowest BCUT2D eigenvalue weighted by molar-refractivity contribution is 0.470. The third-order valence-corrected chi connectivity index (χ3v) is 11.7. The Bertz CT molecular complexity index is 794. The second-order valence-electron chi connectivity index (χ2n) is 6.95. The number of hydrogen-bond donors (Lipinski definition) is 1. The van der Waals surface area contributed by atoms with Crippen LogP contribution in [0.25, 0.3) is 0 Å². The van der Waals surface area contributed by atoms with Crippen LogP contribution in [0.2, 0.25) is 18.1 Å². The molecule has 0 aliphatic rings. The van der Waals surface area contributed by atoms with E-state index >= 15 is 0 Å². The Labute approximate surface area is 143 Å². The summed E-state index contributed by atoms with van der Waals surface area (Å²) in [7, 11) is -6.65. The van der Waals surface area contributed by atoms with Gasteiger partial charge in [-0.3, -0.25) is 4.55 Å². The third-order valence-electron chi connectivity index (χ3n) is 4.32. The molecule has 0 amide bonds. The Morgan fingerprint density at radius 3 is 2.22 bits per heavy atom. The zero-order chi connectivity index (χ0) is 17.5. The highest BCUT2D eigenvalue weighted by molar-refractivity contribution is 7.99. The minimum Gasteiger partial charge on any atom is -0.269 e. The van der Waals surface area contributed by atoms with E-state index in [4.69, 9.17) is 0 Å². The van der Waals surface area contributed by atoms with E-state index in [1.54, 1.807) is 0 Å². The van der Waals surface area contributed by atoms with E-state index in [0.29, 0.717) is 10.5 Å². The fourth-order valence-electron chi connectivity index (χ4n) is 1.98. The van der Waals surface area contributed by atoms with Crippen molar-refractivity contribution < 1.29 is 13.0 Å².